The lowest BCUT2D eigenvalue weighted by Gasteiger charge is -2.22. The Morgan fingerprint density at radius 1 is 1.35 bits per heavy atom. The first-order valence-corrected chi connectivity index (χ1v) is 6.34. The van der Waals surface area contributed by atoms with E-state index in [0.29, 0.717) is 12.5 Å². The van der Waals surface area contributed by atoms with E-state index < -0.39 is 5.97 Å². The van der Waals surface area contributed by atoms with Gasteiger partial charge in [0.2, 0.25) is 0 Å². The van der Waals surface area contributed by atoms with Gasteiger partial charge in [-0.2, -0.15) is 0 Å². The van der Waals surface area contributed by atoms with Crippen molar-refractivity contribution in [2.75, 3.05) is 13.1 Å². The predicted molar refractivity (Wildman–Crippen MR) is 64.8 cm³/mol. The van der Waals surface area contributed by atoms with Gasteiger partial charge in [-0.15, -0.1) is 0 Å². The number of carboxylic acid groups (broad SMARTS) is 1. The summed E-state index contributed by atoms with van der Waals surface area (Å²) in [4.78, 5) is 24.0. The first kappa shape index (κ1) is 13.8. The fourth-order valence-electron chi connectivity index (χ4n) is 1.81. The number of carbonyl (C=O) groups excluding carboxylic acids is 1. The molecule has 2 amide bonds. The van der Waals surface area contributed by atoms with Crippen molar-refractivity contribution < 1.29 is 14.7 Å². The zero-order valence-electron chi connectivity index (χ0n) is 10.6. The lowest BCUT2D eigenvalue weighted by atomic mass is 10.0. The number of urea groups is 1. The van der Waals surface area contributed by atoms with Gasteiger partial charge in [0.25, 0.3) is 0 Å². The molecule has 0 unspecified atom stereocenters. The van der Waals surface area contributed by atoms with E-state index in [4.69, 9.17) is 5.11 Å². The Morgan fingerprint density at radius 2 is 1.94 bits per heavy atom. The molecule has 0 aromatic heterocycles. The van der Waals surface area contributed by atoms with E-state index in [2.05, 4.69) is 19.2 Å². The van der Waals surface area contributed by atoms with E-state index in [1.807, 2.05) is 0 Å². The van der Waals surface area contributed by atoms with Gasteiger partial charge >= 0.3 is 12.0 Å². The SMILES string of the molecule is CCC(CC)CNC(=O)N(CC(=O)O)C1CC1. The lowest BCUT2D eigenvalue weighted by molar-refractivity contribution is -0.137. The highest BCUT2D eigenvalue weighted by Crippen LogP contribution is 2.26. The van der Waals surface area contributed by atoms with Crippen LogP contribution in [0.15, 0.2) is 0 Å². The van der Waals surface area contributed by atoms with Crippen LogP contribution >= 0.6 is 0 Å². The molecule has 1 rings (SSSR count). The molecule has 0 aromatic rings. The molecular formula is C12H22N2O3. The summed E-state index contributed by atoms with van der Waals surface area (Å²) in [6, 6.07) is -0.102. The van der Waals surface area contributed by atoms with Crippen LogP contribution in [0, 0.1) is 5.92 Å². The van der Waals surface area contributed by atoms with Crippen molar-refractivity contribution in [3.05, 3.63) is 0 Å². The quantitative estimate of drug-likeness (QED) is 0.713. The van der Waals surface area contributed by atoms with Crippen molar-refractivity contribution in [3.63, 3.8) is 0 Å². The Labute approximate surface area is 102 Å². The third-order valence-electron chi connectivity index (χ3n) is 3.25. The van der Waals surface area contributed by atoms with Gasteiger partial charge < -0.3 is 15.3 Å². The number of carboxylic acids is 1. The summed E-state index contributed by atoms with van der Waals surface area (Å²) in [5.74, 6) is -0.473. The number of carbonyl (C=O) groups is 2. The fraction of sp³-hybridized carbons (Fsp3) is 0.833. The molecule has 0 saturated heterocycles. The molecular weight excluding hydrogens is 220 g/mol. The molecule has 0 spiro atoms. The Bertz CT molecular complexity index is 273. The third kappa shape index (κ3) is 4.63. The van der Waals surface area contributed by atoms with Crippen LogP contribution in [0.4, 0.5) is 4.79 Å². The van der Waals surface area contributed by atoms with Crippen molar-refractivity contribution >= 4 is 12.0 Å². The minimum absolute atomic E-state index is 0.132. The van der Waals surface area contributed by atoms with E-state index in [1.165, 1.54) is 4.90 Å². The van der Waals surface area contributed by atoms with Crippen LogP contribution in [0.5, 0.6) is 0 Å². The largest absolute Gasteiger partial charge is 0.480 e. The van der Waals surface area contributed by atoms with Crippen LogP contribution in [-0.2, 0) is 4.79 Å². The van der Waals surface area contributed by atoms with E-state index in [0.717, 1.165) is 25.7 Å². The summed E-state index contributed by atoms with van der Waals surface area (Å²) in [6.45, 7) is 4.63. The normalized spacial score (nSPS) is 14.8. The van der Waals surface area contributed by atoms with Gasteiger partial charge in [0.15, 0.2) is 0 Å². The number of nitrogens with one attached hydrogen (secondary N) is 1. The molecule has 1 aliphatic carbocycles. The molecule has 17 heavy (non-hydrogen) atoms. The molecule has 2 N–H and O–H groups in total. The highest BCUT2D eigenvalue weighted by molar-refractivity contribution is 5.80. The number of aliphatic carboxylic acids is 1. The van der Waals surface area contributed by atoms with Crippen molar-refractivity contribution in [3.8, 4) is 0 Å². The number of nitrogens with zero attached hydrogens (tertiary/aromatic N) is 1. The van der Waals surface area contributed by atoms with E-state index in [1.54, 1.807) is 0 Å². The second kappa shape index (κ2) is 6.47. The molecule has 1 fully saturated rings. The van der Waals surface area contributed by atoms with Crippen LogP contribution in [0.25, 0.3) is 0 Å². The van der Waals surface area contributed by atoms with E-state index >= 15 is 0 Å². The zero-order chi connectivity index (χ0) is 12.8. The molecule has 0 heterocycles. The molecule has 0 atom stereocenters. The van der Waals surface area contributed by atoms with Crippen LogP contribution in [-0.4, -0.2) is 41.1 Å². The van der Waals surface area contributed by atoms with Crippen molar-refractivity contribution in [1.29, 1.82) is 0 Å². The van der Waals surface area contributed by atoms with Crippen molar-refractivity contribution in [2.24, 2.45) is 5.92 Å². The maximum absolute atomic E-state index is 11.8. The maximum atomic E-state index is 11.8. The second-order valence-electron chi connectivity index (χ2n) is 4.62. The van der Waals surface area contributed by atoms with Gasteiger partial charge in [-0.05, 0) is 18.8 Å². The summed E-state index contributed by atoms with van der Waals surface area (Å²) >= 11 is 0. The molecule has 0 aliphatic heterocycles. The van der Waals surface area contributed by atoms with Gasteiger partial charge in [0.05, 0.1) is 0 Å². The first-order valence-electron chi connectivity index (χ1n) is 6.34. The predicted octanol–water partition coefficient (Wildman–Crippen LogP) is 1.68. The standard InChI is InChI=1S/C12H22N2O3/c1-3-9(4-2)7-13-12(17)14(8-11(15)16)10-5-6-10/h9-10H,3-8H2,1-2H3,(H,13,17)(H,15,16). The van der Waals surface area contributed by atoms with Crippen LogP contribution in [0.1, 0.15) is 39.5 Å². The first-order chi connectivity index (χ1) is 8.08. The van der Waals surface area contributed by atoms with Crippen LogP contribution < -0.4 is 5.32 Å². The summed E-state index contributed by atoms with van der Waals surface area (Å²) in [6.07, 6.45) is 3.90. The van der Waals surface area contributed by atoms with Gasteiger partial charge in [-0.1, -0.05) is 26.7 Å². The number of hydrogen-bond acceptors (Lipinski definition) is 2. The molecule has 0 bridgehead atoms. The minimum atomic E-state index is -0.949. The maximum Gasteiger partial charge on any atom is 0.323 e. The number of amides is 2. The summed E-state index contributed by atoms with van der Waals surface area (Å²) in [5, 5.41) is 11.6. The lowest BCUT2D eigenvalue weighted by Crippen LogP contribution is -2.45. The highest BCUT2D eigenvalue weighted by atomic mass is 16.4. The Balaban J connectivity index is 2.39. The fourth-order valence-corrected chi connectivity index (χ4v) is 1.81. The van der Waals surface area contributed by atoms with Crippen LogP contribution in [0.3, 0.4) is 0 Å². The van der Waals surface area contributed by atoms with Crippen molar-refractivity contribution in [2.45, 2.75) is 45.6 Å². The molecule has 1 aliphatic rings. The highest BCUT2D eigenvalue weighted by Gasteiger charge is 2.33. The summed E-state index contributed by atoms with van der Waals surface area (Å²) < 4.78 is 0. The molecule has 98 valence electrons. The van der Waals surface area contributed by atoms with Crippen LogP contribution in [0.2, 0.25) is 0 Å². The van der Waals surface area contributed by atoms with Gasteiger partial charge in [0.1, 0.15) is 6.54 Å². The third-order valence-corrected chi connectivity index (χ3v) is 3.25. The van der Waals surface area contributed by atoms with Gasteiger partial charge in [0, 0.05) is 12.6 Å². The Hall–Kier alpha value is -1.26. The molecule has 1 saturated carbocycles. The second-order valence-corrected chi connectivity index (χ2v) is 4.62. The van der Waals surface area contributed by atoms with Gasteiger partial charge in [-0.3, -0.25) is 4.79 Å². The molecule has 0 radical (unpaired) electrons. The molecule has 5 nitrogen and oxygen atoms in total. The summed E-state index contributed by atoms with van der Waals surface area (Å²) in [5.41, 5.74) is 0. The average molecular weight is 242 g/mol. The topological polar surface area (TPSA) is 69.6 Å². The zero-order valence-corrected chi connectivity index (χ0v) is 10.6. The van der Waals surface area contributed by atoms with E-state index in [-0.39, 0.29) is 18.6 Å². The Morgan fingerprint density at radius 3 is 2.35 bits per heavy atom. The van der Waals surface area contributed by atoms with E-state index in [9.17, 15) is 9.59 Å². The number of hydrogen-bond donors (Lipinski definition) is 2. The molecule has 5 heteroatoms. The average Bonchev–Trinajstić information content (AvgIpc) is 3.10. The van der Waals surface area contributed by atoms with Gasteiger partial charge in [-0.25, -0.2) is 4.79 Å². The Kier molecular flexibility index (Phi) is 5.25. The van der Waals surface area contributed by atoms with Crippen molar-refractivity contribution in [1.82, 2.24) is 10.2 Å². The smallest absolute Gasteiger partial charge is 0.323 e. The summed E-state index contributed by atoms with van der Waals surface area (Å²) in [7, 11) is 0. The number of rotatable bonds is 7. The molecule has 0 aromatic carbocycles. The minimum Gasteiger partial charge on any atom is -0.480 e. The monoisotopic (exact) mass is 242 g/mol.